The maximum atomic E-state index is 13.3. The van der Waals surface area contributed by atoms with Crippen molar-refractivity contribution in [2.45, 2.75) is 13.0 Å². The van der Waals surface area contributed by atoms with E-state index in [0.29, 0.717) is 0 Å². The molecule has 0 radical (unpaired) electrons. The Bertz CT molecular complexity index is 392. The summed E-state index contributed by atoms with van der Waals surface area (Å²) in [6.45, 7) is 1.85. The van der Waals surface area contributed by atoms with Gasteiger partial charge in [-0.25, -0.2) is 8.78 Å². The molecule has 0 aromatic heterocycles. The topological polar surface area (TPSA) is 42.2 Å². The zero-order valence-electron chi connectivity index (χ0n) is 8.96. The normalized spacial score (nSPS) is 11.9. The minimum Gasteiger partial charge on any atom is -0.482 e. The summed E-state index contributed by atoms with van der Waals surface area (Å²) in [7, 11) is 1.46. The van der Waals surface area contributed by atoms with Crippen molar-refractivity contribution in [1.82, 2.24) is 0 Å². The molecule has 0 spiro atoms. The fraction of sp³-hybridized carbons (Fsp3) is 0.364. The van der Waals surface area contributed by atoms with Gasteiger partial charge in [-0.2, -0.15) is 5.26 Å². The average molecular weight is 227 g/mol. The molecule has 1 aromatic rings. The largest absolute Gasteiger partial charge is 0.482 e. The molecular formula is C11H11F2NO2. The van der Waals surface area contributed by atoms with Gasteiger partial charge in [-0.3, -0.25) is 0 Å². The molecule has 0 unspecified atom stereocenters. The Morgan fingerprint density at radius 1 is 1.38 bits per heavy atom. The van der Waals surface area contributed by atoms with Crippen molar-refractivity contribution >= 4 is 0 Å². The highest BCUT2D eigenvalue weighted by Crippen LogP contribution is 2.24. The van der Waals surface area contributed by atoms with E-state index in [-0.39, 0.29) is 12.2 Å². The van der Waals surface area contributed by atoms with Crippen molar-refractivity contribution in [3.8, 4) is 11.8 Å². The third kappa shape index (κ3) is 2.91. The number of nitriles is 1. The molecule has 0 fully saturated rings. The summed E-state index contributed by atoms with van der Waals surface area (Å²) < 4.78 is 36.5. The van der Waals surface area contributed by atoms with Crippen molar-refractivity contribution in [3.05, 3.63) is 29.3 Å². The van der Waals surface area contributed by atoms with Gasteiger partial charge < -0.3 is 9.47 Å². The Labute approximate surface area is 92.2 Å². The molecule has 0 saturated heterocycles. The Balaban J connectivity index is 2.93. The standard InChI is InChI=1S/C11H11F2NO2/c1-7(6-15-2)16-11-9(12)3-8(5-14)4-10(11)13/h3-4,7H,6H2,1-2H3/t7-/m1/s1. The van der Waals surface area contributed by atoms with E-state index in [1.807, 2.05) is 0 Å². The van der Waals surface area contributed by atoms with E-state index in [1.54, 1.807) is 13.0 Å². The highest BCUT2D eigenvalue weighted by molar-refractivity contribution is 5.37. The molecule has 0 N–H and O–H groups in total. The number of nitrogens with zero attached hydrogens (tertiary/aromatic N) is 1. The molecule has 0 bridgehead atoms. The lowest BCUT2D eigenvalue weighted by Gasteiger charge is -2.14. The number of rotatable bonds is 4. The first kappa shape index (κ1) is 12.4. The molecule has 0 aliphatic rings. The number of hydrogen-bond acceptors (Lipinski definition) is 3. The second-order valence-electron chi connectivity index (χ2n) is 3.26. The summed E-state index contributed by atoms with van der Waals surface area (Å²) in [5, 5.41) is 8.50. The fourth-order valence-electron chi connectivity index (χ4n) is 1.21. The van der Waals surface area contributed by atoms with E-state index in [2.05, 4.69) is 0 Å². The summed E-state index contributed by atoms with van der Waals surface area (Å²) in [4.78, 5) is 0. The van der Waals surface area contributed by atoms with Gasteiger partial charge >= 0.3 is 0 Å². The maximum Gasteiger partial charge on any atom is 0.191 e. The van der Waals surface area contributed by atoms with Crippen LogP contribution in [-0.4, -0.2) is 19.8 Å². The van der Waals surface area contributed by atoms with Crippen LogP contribution in [0, 0.1) is 23.0 Å². The predicted molar refractivity (Wildman–Crippen MR) is 53.0 cm³/mol. The Morgan fingerprint density at radius 3 is 2.38 bits per heavy atom. The van der Waals surface area contributed by atoms with Gasteiger partial charge in [0.05, 0.1) is 18.2 Å². The first-order valence-electron chi connectivity index (χ1n) is 4.63. The Kier molecular flexibility index (Phi) is 4.20. The molecule has 3 nitrogen and oxygen atoms in total. The van der Waals surface area contributed by atoms with Gasteiger partial charge in [0, 0.05) is 7.11 Å². The van der Waals surface area contributed by atoms with Crippen molar-refractivity contribution in [2.75, 3.05) is 13.7 Å². The fourth-order valence-corrected chi connectivity index (χ4v) is 1.21. The lowest BCUT2D eigenvalue weighted by Crippen LogP contribution is -2.19. The molecule has 5 heteroatoms. The van der Waals surface area contributed by atoms with Crippen LogP contribution in [0.1, 0.15) is 12.5 Å². The molecule has 1 atom stereocenters. The van der Waals surface area contributed by atoms with Gasteiger partial charge in [0.2, 0.25) is 0 Å². The van der Waals surface area contributed by atoms with Gasteiger partial charge in [-0.05, 0) is 19.1 Å². The molecule has 1 aromatic carbocycles. The maximum absolute atomic E-state index is 13.3. The van der Waals surface area contributed by atoms with Crippen molar-refractivity contribution in [2.24, 2.45) is 0 Å². The third-order valence-electron chi connectivity index (χ3n) is 1.85. The van der Waals surface area contributed by atoms with Crippen molar-refractivity contribution < 1.29 is 18.3 Å². The minimum absolute atomic E-state index is 0.0817. The highest BCUT2D eigenvalue weighted by atomic mass is 19.1. The summed E-state index contributed by atoms with van der Waals surface area (Å²) >= 11 is 0. The van der Waals surface area contributed by atoms with Crippen LogP contribution in [0.25, 0.3) is 0 Å². The molecule has 86 valence electrons. The van der Waals surface area contributed by atoms with Crippen LogP contribution in [0.2, 0.25) is 0 Å². The molecule has 0 aliphatic heterocycles. The minimum atomic E-state index is -0.889. The SMILES string of the molecule is COC[C@@H](C)Oc1c(F)cc(C#N)cc1F. The molecular weight excluding hydrogens is 216 g/mol. The third-order valence-corrected chi connectivity index (χ3v) is 1.85. The number of methoxy groups -OCH3 is 1. The summed E-state index contributed by atoms with van der Waals surface area (Å²) in [5.41, 5.74) is -0.0817. The number of hydrogen-bond donors (Lipinski definition) is 0. The quantitative estimate of drug-likeness (QED) is 0.792. The average Bonchev–Trinajstić information content (AvgIpc) is 2.23. The monoisotopic (exact) mass is 227 g/mol. The molecule has 0 amide bonds. The number of ether oxygens (including phenoxy) is 2. The van der Waals surface area contributed by atoms with Crippen molar-refractivity contribution in [1.29, 1.82) is 5.26 Å². The molecule has 1 rings (SSSR count). The van der Waals surface area contributed by atoms with Crippen LogP contribution < -0.4 is 4.74 Å². The summed E-state index contributed by atoms with van der Waals surface area (Å²) in [6, 6.07) is 3.51. The highest BCUT2D eigenvalue weighted by Gasteiger charge is 2.15. The van der Waals surface area contributed by atoms with E-state index in [4.69, 9.17) is 14.7 Å². The second-order valence-corrected chi connectivity index (χ2v) is 3.26. The van der Waals surface area contributed by atoms with Gasteiger partial charge in [-0.15, -0.1) is 0 Å². The smallest absolute Gasteiger partial charge is 0.191 e. The van der Waals surface area contributed by atoms with E-state index >= 15 is 0 Å². The first-order valence-corrected chi connectivity index (χ1v) is 4.63. The van der Waals surface area contributed by atoms with Crippen LogP contribution in [0.3, 0.4) is 0 Å². The van der Waals surface area contributed by atoms with Gasteiger partial charge in [0.1, 0.15) is 6.10 Å². The van der Waals surface area contributed by atoms with Crippen LogP contribution in [-0.2, 0) is 4.74 Å². The zero-order valence-corrected chi connectivity index (χ0v) is 8.96. The van der Waals surface area contributed by atoms with Gasteiger partial charge in [0.15, 0.2) is 17.4 Å². The van der Waals surface area contributed by atoms with Crippen LogP contribution in [0.4, 0.5) is 8.78 Å². The molecule has 16 heavy (non-hydrogen) atoms. The van der Waals surface area contributed by atoms with Crippen molar-refractivity contribution in [3.63, 3.8) is 0 Å². The van der Waals surface area contributed by atoms with E-state index in [0.717, 1.165) is 12.1 Å². The molecule has 0 aliphatic carbocycles. The second kappa shape index (κ2) is 5.42. The van der Waals surface area contributed by atoms with E-state index < -0.39 is 23.5 Å². The van der Waals surface area contributed by atoms with E-state index in [1.165, 1.54) is 7.11 Å². The number of benzene rings is 1. The number of halogens is 2. The lowest BCUT2D eigenvalue weighted by molar-refractivity contribution is 0.0862. The van der Waals surface area contributed by atoms with Crippen LogP contribution in [0.5, 0.6) is 5.75 Å². The van der Waals surface area contributed by atoms with E-state index in [9.17, 15) is 8.78 Å². The van der Waals surface area contributed by atoms with Crippen LogP contribution in [0.15, 0.2) is 12.1 Å². The van der Waals surface area contributed by atoms with Gasteiger partial charge in [-0.1, -0.05) is 0 Å². The first-order chi connectivity index (χ1) is 7.58. The Hall–Kier alpha value is -1.67. The zero-order chi connectivity index (χ0) is 12.1. The predicted octanol–water partition coefficient (Wildman–Crippen LogP) is 2.25. The lowest BCUT2D eigenvalue weighted by atomic mass is 10.2. The van der Waals surface area contributed by atoms with Gasteiger partial charge in [0.25, 0.3) is 0 Å². The molecule has 0 saturated carbocycles. The molecule has 0 heterocycles. The Morgan fingerprint density at radius 2 is 1.94 bits per heavy atom. The van der Waals surface area contributed by atoms with Crippen LogP contribution >= 0.6 is 0 Å². The summed E-state index contributed by atoms with van der Waals surface area (Å²) in [6.07, 6.45) is -0.470. The summed E-state index contributed by atoms with van der Waals surface area (Å²) in [5.74, 6) is -2.26.